The molecule has 3 heteroatoms. The van der Waals surface area contributed by atoms with Crippen LogP contribution in [0.25, 0.3) is 105 Å². The van der Waals surface area contributed by atoms with E-state index in [0.717, 1.165) is 0 Å². The average Bonchev–Trinajstić information content (AvgIpc) is 1.50. The summed E-state index contributed by atoms with van der Waals surface area (Å²) < 4.78 is 325. The second kappa shape index (κ2) is 12.5. The van der Waals surface area contributed by atoms with Crippen LogP contribution in [0.1, 0.15) is 48.0 Å². The Bertz CT molecular complexity index is 5350. The number of hydrogen-bond donors (Lipinski definition) is 0. The van der Waals surface area contributed by atoms with E-state index in [-0.39, 0.29) is 0 Å². The van der Waals surface area contributed by atoms with Crippen molar-refractivity contribution in [2.24, 2.45) is 0 Å². The fourth-order valence-corrected chi connectivity index (χ4v) is 6.99. The van der Waals surface area contributed by atoms with E-state index in [1.54, 1.807) is 0 Å². The second-order valence-corrected chi connectivity index (χ2v) is 12.3. The Balaban J connectivity index is 1.44. The molecule has 0 fully saturated rings. The normalized spacial score (nSPS) is 20.5. The molecule has 3 heterocycles. The average molecular weight is 761 g/mol. The zero-order valence-corrected chi connectivity index (χ0v) is 28.3. The number of hydrogen-bond acceptors (Lipinski definition) is 0. The van der Waals surface area contributed by atoms with Gasteiger partial charge in [-0.1, -0.05) is 151 Å². The molecular weight excluding hydrogens is 691 g/mol. The molecule has 0 aliphatic rings. The number of aromatic nitrogens is 3. The highest BCUT2D eigenvalue weighted by Gasteiger charge is 2.22. The molecule has 57 heavy (non-hydrogen) atoms. The molecule has 0 radical (unpaired) electrons. The quantitative estimate of drug-likeness (QED) is 0.166. The van der Waals surface area contributed by atoms with Gasteiger partial charge in [0.05, 0.1) is 86.8 Å². The molecule has 0 N–H and O–H groups in total. The first kappa shape index (κ1) is 12.7. The summed E-state index contributed by atoms with van der Waals surface area (Å²) in [5.41, 5.74) is -12.2. The highest BCUT2D eigenvalue weighted by Crippen LogP contribution is 2.42. The van der Waals surface area contributed by atoms with E-state index < -0.39 is 316 Å². The van der Waals surface area contributed by atoms with Crippen molar-refractivity contribution in [2.45, 2.75) is 0 Å². The maximum Gasteiger partial charge on any atom is 0.0782 e. The van der Waals surface area contributed by atoms with Gasteiger partial charge in [0.25, 0.3) is 0 Å². The Kier molecular flexibility index (Phi) is 2.78. The summed E-state index contributed by atoms with van der Waals surface area (Å²) in [6, 6.07) is -37.2. The monoisotopic (exact) mass is 761 g/mol. The summed E-state index contributed by atoms with van der Waals surface area (Å²) in [5, 5.41) is -4.25. The number of para-hydroxylation sites is 5. The molecule has 0 aliphatic carbocycles. The molecule has 0 saturated carbocycles. The molecule has 12 rings (SSSR count). The zero-order chi connectivity index (χ0) is 67.9. The third-order valence-corrected chi connectivity index (χ3v) is 9.28. The Hall–Kier alpha value is -7.62. The maximum absolute atomic E-state index is 10.4. The first-order chi connectivity index (χ1) is 42.9. The molecule has 0 saturated heterocycles. The minimum Gasteiger partial charge on any atom is -0.309 e. The fourth-order valence-electron chi connectivity index (χ4n) is 6.99. The van der Waals surface area contributed by atoms with Crippen molar-refractivity contribution in [1.29, 1.82) is 0 Å². The van der Waals surface area contributed by atoms with Gasteiger partial charge in [0.1, 0.15) is 0 Å². The van der Waals surface area contributed by atoms with Crippen molar-refractivity contribution < 1.29 is 48.0 Å². The van der Waals surface area contributed by atoms with Crippen molar-refractivity contribution in [2.75, 3.05) is 0 Å². The molecule has 9 aromatic carbocycles. The molecule has 0 amide bonds. The van der Waals surface area contributed by atoms with Gasteiger partial charge in [-0.2, -0.15) is 0 Å². The first-order valence-corrected chi connectivity index (χ1v) is 16.8. The molecule has 266 valence electrons. The lowest BCUT2D eigenvalue weighted by Gasteiger charge is -2.17. The highest BCUT2D eigenvalue weighted by molar-refractivity contribution is 6.16. The summed E-state index contributed by atoms with van der Waals surface area (Å²) in [6.45, 7) is 0. The summed E-state index contributed by atoms with van der Waals surface area (Å²) >= 11 is 0. The van der Waals surface area contributed by atoms with Gasteiger partial charge in [0, 0.05) is 43.7 Å². The van der Waals surface area contributed by atoms with Crippen molar-refractivity contribution in [3.8, 4) is 39.3 Å². The van der Waals surface area contributed by atoms with Gasteiger partial charge in [-0.15, -0.1) is 0 Å². The molecule has 3 aromatic heterocycles. The zero-order valence-electron chi connectivity index (χ0n) is 63.3. The van der Waals surface area contributed by atoms with Gasteiger partial charge in [-0.25, -0.2) is 0 Å². The number of nitrogens with zero attached hydrogens (tertiary/aromatic N) is 3. The molecule has 12 aromatic rings. The Morgan fingerprint density at radius 1 is 0.263 bits per heavy atom. The van der Waals surface area contributed by atoms with Crippen LogP contribution in [0.3, 0.4) is 0 Å². The van der Waals surface area contributed by atoms with Crippen LogP contribution in [0.15, 0.2) is 211 Å². The van der Waals surface area contributed by atoms with E-state index >= 15 is 0 Å². The topological polar surface area (TPSA) is 14.8 Å². The lowest BCUT2D eigenvalue weighted by atomic mass is 9.98. The Morgan fingerprint density at radius 3 is 1.26 bits per heavy atom. The van der Waals surface area contributed by atoms with E-state index in [4.69, 9.17) is 27.4 Å². The van der Waals surface area contributed by atoms with Crippen LogP contribution in [0.4, 0.5) is 0 Å². The number of fused-ring (bicyclic) bond motifs is 9. The smallest absolute Gasteiger partial charge is 0.0782 e. The largest absolute Gasteiger partial charge is 0.309 e. The first-order valence-electron chi connectivity index (χ1n) is 34.3. The van der Waals surface area contributed by atoms with Gasteiger partial charge in [0.15, 0.2) is 0 Å². The van der Waals surface area contributed by atoms with Crippen LogP contribution >= 0.6 is 0 Å². The predicted molar refractivity (Wildman–Crippen MR) is 240 cm³/mol. The van der Waals surface area contributed by atoms with Crippen LogP contribution in [0, 0.1) is 0 Å². The standard InChI is InChI=1S/C54H35N3/c1-3-16-36(17-4-1)38-32-39(37-18-5-2-6-19-37)34-41(33-38)56-50-27-13-10-23-45(50)47-24-15-29-52(54(47)56)57-51-28-14-9-22-44(51)46-31-30-40(35-53(46)57)55-48-25-11-7-20-42(48)43-21-8-12-26-49(43)55/h1-35H/i1D,2D,3D,4D,5D,6D,7D,8D,9D,10D,11D,12D,13D,14D,15D,16D,17D,18D,19D,20D,21D,22D,23D,24D,25D,26D,27D,28D,29D,30D,31D,32D,33D,34D,35D. The number of rotatable bonds is 5. The van der Waals surface area contributed by atoms with E-state index in [1.807, 2.05) is 0 Å². The van der Waals surface area contributed by atoms with Crippen molar-refractivity contribution in [3.63, 3.8) is 0 Å². The minimum atomic E-state index is -1.28. The second-order valence-electron chi connectivity index (χ2n) is 12.3. The molecule has 0 bridgehead atoms. The fraction of sp³-hybridized carbons (Fsp3) is 0. The summed E-state index contributed by atoms with van der Waals surface area (Å²) in [5.74, 6) is 0. The van der Waals surface area contributed by atoms with Crippen LogP contribution in [-0.2, 0) is 0 Å². The lowest BCUT2D eigenvalue weighted by molar-refractivity contribution is 1.13. The molecular formula is C54H35N3. The van der Waals surface area contributed by atoms with E-state index in [1.165, 1.54) is 0 Å². The molecule has 0 atom stereocenters. The lowest BCUT2D eigenvalue weighted by Crippen LogP contribution is -2.02. The van der Waals surface area contributed by atoms with Crippen LogP contribution < -0.4 is 0 Å². The van der Waals surface area contributed by atoms with Crippen molar-refractivity contribution in [3.05, 3.63) is 211 Å². The Labute approximate surface area is 378 Å². The van der Waals surface area contributed by atoms with Gasteiger partial charge in [-0.05, 0) is 82.7 Å². The Morgan fingerprint density at radius 2 is 0.702 bits per heavy atom. The van der Waals surface area contributed by atoms with Crippen molar-refractivity contribution >= 4 is 65.4 Å². The highest BCUT2D eigenvalue weighted by atomic mass is 15.1. The van der Waals surface area contributed by atoms with Gasteiger partial charge in [-0.3, -0.25) is 0 Å². The van der Waals surface area contributed by atoms with E-state index in [9.17, 15) is 20.6 Å². The van der Waals surface area contributed by atoms with Crippen molar-refractivity contribution in [1.82, 2.24) is 13.7 Å². The van der Waals surface area contributed by atoms with Gasteiger partial charge < -0.3 is 13.7 Å². The van der Waals surface area contributed by atoms with E-state index in [2.05, 4.69) is 0 Å². The minimum absolute atomic E-state index is 0.573. The van der Waals surface area contributed by atoms with Crippen LogP contribution in [0.2, 0.25) is 0 Å². The third kappa shape index (κ3) is 4.79. The molecule has 0 aliphatic heterocycles. The van der Waals surface area contributed by atoms with Gasteiger partial charge >= 0.3 is 0 Å². The molecule has 3 nitrogen and oxygen atoms in total. The molecule has 0 spiro atoms. The maximum atomic E-state index is 10.4. The summed E-state index contributed by atoms with van der Waals surface area (Å²) in [6.07, 6.45) is 0. The summed E-state index contributed by atoms with van der Waals surface area (Å²) in [7, 11) is 0. The third-order valence-electron chi connectivity index (χ3n) is 9.28. The summed E-state index contributed by atoms with van der Waals surface area (Å²) in [4.78, 5) is 0. The number of benzene rings is 9. The van der Waals surface area contributed by atoms with Crippen LogP contribution in [-0.4, -0.2) is 13.7 Å². The van der Waals surface area contributed by atoms with E-state index in [0.29, 0.717) is 13.7 Å². The van der Waals surface area contributed by atoms with Gasteiger partial charge in [0.2, 0.25) is 0 Å². The molecule has 0 unspecified atom stereocenters. The predicted octanol–water partition coefficient (Wildman–Crippen LogP) is 14.3. The SMILES string of the molecule is [2H]c1c([2H])c([2H])c(-c2c([2H])c(-c3c([2H])c([2H])c([2H])c([2H])c3[2H])c([2H])c(-n3c4c([2H])c([2H])c([2H])c([2H])c4c4c([2H])c([2H])c([2H])c(-n5c6c([2H])c([2H])c([2H])c([2H])c6c6c([2H])c([2H])c(-n7c8c([2H])c([2H])c([2H])c([2H])c8c8c([2H])c([2H])c([2H])c([2H])c87)c([2H])c65)c43)c2[2H])c([2H])c1[2H]. The van der Waals surface area contributed by atoms with Crippen LogP contribution in [0.5, 0.6) is 0 Å².